The minimum atomic E-state index is -4.59. The maximum Gasteiger partial charge on any atom is 0.420 e. The lowest BCUT2D eigenvalue weighted by atomic mass is 10.2. The second-order valence-corrected chi connectivity index (χ2v) is 8.50. The van der Waals surface area contributed by atoms with Crippen molar-refractivity contribution < 1.29 is 13.2 Å². The van der Waals surface area contributed by atoms with Crippen LogP contribution in [0.5, 0.6) is 0 Å². The van der Waals surface area contributed by atoms with Gasteiger partial charge in [-0.2, -0.15) is 13.2 Å². The summed E-state index contributed by atoms with van der Waals surface area (Å²) < 4.78 is 42.6. The fourth-order valence-corrected chi connectivity index (χ4v) is 3.88. The van der Waals surface area contributed by atoms with Crippen LogP contribution in [0.15, 0.2) is 35.5 Å². The molecular formula is C21H24F3N5S. The smallest absolute Gasteiger partial charge is 0.332 e. The van der Waals surface area contributed by atoms with Crippen molar-refractivity contribution in [2.24, 2.45) is 0 Å². The minimum absolute atomic E-state index is 0.0715. The number of thioether (sulfide) groups is 1. The van der Waals surface area contributed by atoms with E-state index in [2.05, 4.69) is 27.2 Å². The van der Waals surface area contributed by atoms with Crippen molar-refractivity contribution in [2.45, 2.75) is 51.7 Å². The summed E-state index contributed by atoms with van der Waals surface area (Å²) in [6.07, 6.45) is -2.17. The van der Waals surface area contributed by atoms with Crippen molar-refractivity contribution in [3.63, 3.8) is 0 Å². The summed E-state index contributed by atoms with van der Waals surface area (Å²) in [5, 5.41) is 3.04. The van der Waals surface area contributed by atoms with Crippen LogP contribution in [0.4, 0.5) is 24.8 Å². The molecule has 1 aromatic carbocycles. The Hall–Kier alpha value is -2.55. The molecule has 3 aromatic rings. The van der Waals surface area contributed by atoms with Gasteiger partial charge in [0.25, 0.3) is 0 Å². The zero-order chi connectivity index (χ0) is 22.1. The monoisotopic (exact) mass is 435 g/mol. The van der Waals surface area contributed by atoms with Gasteiger partial charge in [-0.15, -0.1) is 11.8 Å². The summed E-state index contributed by atoms with van der Waals surface area (Å²) in [6.45, 7) is 9.65. The number of halogens is 3. The number of benzene rings is 1. The first kappa shape index (κ1) is 22.1. The molecule has 2 aromatic heterocycles. The fourth-order valence-electron chi connectivity index (χ4n) is 3.12. The lowest BCUT2D eigenvalue weighted by Crippen LogP contribution is -2.11. The van der Waals surface area contributed by atoms with Crippen LogP contribution in [0.2, 0.25) is 0 Å². The first-order valence-electron chi connectivity index (χ1n) is 9.60. The zero-order valence-corrected chi connectivity index (χ0v) is 18.3. The van der Waals surface area contributed by atoms with Crippen LogP contribution in [-0.4, -0.2) is 25.3 Å². The Morgan fingerprint density at radius 2 is 1.90 bits per heavy atom. The van der Waals surface area contributed by atoms with Crippen molar-refractivity contribution in [3.05, 3.63) is 47.5 Å². The third-order valence-corrected chi connectivity index (χ3v) is 5.44. The number of alkyl halides is 3. The lowest BCUT2D eigenvalue weighted by molar-refractivity contribution is -0.137. The molecule has 0 saturated heterocycles. The third kappa shape index (κ3) is 4.77. The maximum absolute atomic E-state index is 13.6. The Bertz CT molecular complexity index is 1040. The van der Waals surface area contributed by atoms with E-state index in [0.717, 1.165) is 28.1 Å². The summed E-state index contributed by atoms with van der Waals surface area (Å²) in [6, 6.07) is 5.94. The number of rotatable bonds is 6. The highest BCUT2D eigenvalue weighted by molar-refractivity contribution is 7.99. The van der Waals surface area contributed by atoms with Gasteiger partial charge in [0.15, 0.2) is 0 Å². The molecule has 0 atom stereocenters. The summed E-state index contributed by atoms with van der Waals surface area (Å²) in [5.41, 5.74) is 0.722. The number of aromatic nitrogens is 4. The quantitative estimate of drug-likeness (QED) is 0.453. The molecule has 0 fully saturated rings. The molecule has 9 heteroatoms. The van der Waals surface area contributed by atoms with Gasteiger partial charge in [0.2, 0.25) is 5.95 Å². The maximum atomic E-state index is 13.6. The van der Waals surface area contributed by atoms with Crippen molar-refractivity contribution in [3.8, 4) is 11.4 Å². The van der Waals surface area contributed by atoms with E-state index in [1.165, 1.54) is 0 Å². The Labute approximate surface area is 178 Å². The lowest BCUT2D eigenvalue weighted by Gasteiger charge is -2.14. The minimum Gasteiger partial charge on any atom is -0.332 e. The van der Waals surface area contributed by atoms with Crippen molar-refractivity contribution >= 4 is 23.4 Å². The van der Waals surface area contributed by atoms with Crippen LogP contribution in [0, 0.1) is 13.8 Å². The molecule has 3 rings (SSSR count). The average Bonchev–Trinajstić information content (AvgIpc) is 3.05. The topological polar surface area (TPSA) is 55.6 Å². The van der Waals surface area contributed by atoms with E-state index in [-0.39, 0.29) is 23.4 Å². The molecule has 0 amide bonds. The molecule has 30 heavy (non-hydrogen) atoms. The highest BCUT2D eigenvalue weighted by Crippen LogP contribution is 2.36. The molecule has 0 unspecified atom stereocenters. The van der Waals surface area contributed by atoms with E-state index >= 15 is 0 Å². The van der Waals surface area contributed by atoms with E-state index in [4.69, 9.17) is 0 Å². The van der Waals surface area contributed by atoms with E-state index in [9.17, 15) is 13.2 Å². The molecule has 2 heterocycles. The van der Waals surface area contributed by atoms with Gasteiger partial charge >= 0.3 is 6.18 Å². The summed E-state index contributed by atoms with van der Waals surface area (Å²) in [4.78, 5) is 13.5. The van der Waals surface area contributed by atoms with Crippen LogP contribution in [0.25, 0.3) is 11.4 Å². The second kappa shape index (κ2) is 8.67. The Balaban J connectivity index is 2.02. The first-order valence-corrected chi connectivity index (χ1v) is 10.6. The van der Waals surface area contributed by atoms with Crippen LogP contribution in [0.1, 0.15) is 43.8 Å². The van der Waals surface area contributed by atoms with Crippen molar-refractivity contribution in [1.82, 2.24) is 19.5 Å². The molecule has 5 nitrogen and oxygen atoms in total. The molecule has 160 valence electrons. The number of nitrogens with zero attached hydrogens (tertiary/aromatic N) is 4. The molecule has 0 aliphatic heterocycles. The second-order valence-electron chi connectivity index (χ2n) is 7.16. The summed E-state index contributed by atoms with van der Waals surface area (Å²) in [7, 11) is 0. The van der Waals surface area contributed by atoms with Gasteiger partial charge in [0, 0.05) is 29.0 Å². The Morgan fingerprint density at radius 1 is 1.17 bits per heavy atom. The number of imidazole rings is 1. The standard InChI is InChI=1S/C21H24F3N5S/c1-6-30-15-7-8-17(13(4)9-15)27-20-25-10-16(21(22,23)24)19(28-20)18-11-29(12(2)3)14(5)26-18/h7-12H,6H2,1-5H3,(H,25,27,28). The SMILES string of the molecule is CCSc1ccc(Nc2ncc(C(F)(F)F)c(-c3cn(C(C)C)c(C)n3)n2)c(C)c1. The van der Waals surface area contributed by atoms with E-state index in [1.54, 1.807) is 24.9 Å². The van der Waals surface area contributed by atoms with Gasteiger partial charge in [0.1, 0.15) is 22.8 Å². The summed E-state index contributed by atoms with van der Waals surface area (Å²) >= 11 is 1.72. The van der Waals surface area contributed by atoms with Crippen molar-refractivity contribution in [1.29, 1.82) is 0 Å². The number of anilines is 2. The predicted molar refractivity (Wildman–Crippen MR) is 114 cm³/mol. The predicted octanol–water partition coefficient (Wildman–Crippen LogP) is 6.41. The number of hydrogen-bond acceptors (Lipinski definition) is 5. The summed E-state index contributed by atoms with van der Waals surface area (Å²) in [5.74, 6) is 1.68. The van der Waals surface area contributed by atoms with Gasteiger partial charge in [-0.05, 0) is 57.2 Å². The van der Waals surface area contributed by atoms with Crippen LogP contribution < -0.4 is 5.32 Å². The van der Waals surface area contributed by atoms with E-state index in [0.29, 0.717) is 5.82 Å². The average molecular weight is 436 g/mol. The van der Waals surface area contributed by atoms with Crippen LogP contribution in [0.3, 0.4) is 0 Å². The molecule has 0 spiro atoms. The highest BCUT2D eigenvalue weighted by atomic mass is 32.2. The van der Waals surface area contributed by atoms with Crippen LogP contribution in [-0.2, 0) is 6.18 Å². The molecular weight excluding hydrogens is 411 g/mol. The third-order valence-electron chi connectivity index (χ3n) is 4.57. The Morgan fingerprint density at radius 3 is 2.47 bits per heavy atom. The largest absolute Gasteiger partial charge is 0.420 e. The fraction of sp³-hybridized carbons (Fsp3) is 0.381. The van der Waals surface area contributed by atoms with Gasteiger partial charge < -0.3 is 9.88 Å². The molecule has 0 bridgehead atoms. The highest BCUT2D eigenvalue weighted by Gasteiger charge is 2.36. The zero-order valence-electron chi connectivity index (χ0n) is 17.5. The van der Waals surface area contributed by atoms with Gasteiger partial charge in [-0.25, -0.2) is 15.0 Å². The molecule has 0 saturated carbocycles. The van der Waals surface area contributed by atoms with E-state index in [1.807, 2.05) is 43.5 Å². The van der Waals surface area contributed by atoms with Gasteiger partial charge in [-0.1, -0.05) is 6.92 Å². The van der Waals surface area contributed by atoms with Gasteiger partial charge in [-0.3, -0.25) is 0 Å². The van der Waals surface area contributed by atoms with Crippen molar-refractivity contribution in [2.75, 3.05) is 11.1 Å². The number of aryl methyl sites for hydroxylation is 2. The molecule has 0 aliphatic rings. The molecule has 0 radical (unpaired) electrons. The van der Waals surface area contributed by atoms with E-state index < -0.39 is 11.7 Å². The molecule has 0 aliphatic carbocycles. The normalized spacial score (nSPS) is 11.9. The molecule has 1 N–H and O–H groups in total. The van der Waals surface area contributed by atoms with Gasteiger partial charge in [0.05, 0.1) is 0 Å². The van der Waals surface area contributed by atoms with Crippen LogP contribution >= 0.6 is 11.8 Å². The Kier molecular flexibility index (Phi) is 6.40. The number of nitrogens with one attached hydrogen (secondary N) is 1. The first-order chi connectivity index (χ1) is 14.1. The number of hydrogen-bond donors (Lipinski definition) is 1.